The van der Waals surface area contributed by atoms with Gasteiger partial charge in [-0.1, -0.05) is 61.0 Å². The number of amides is 1. The maximum atomic E-state index is 14.1. The van der Waals surface area contributed by atoms with Crippen molar-refractivity contribution in [2.75, 3.05) is 6.61 Å². The summed E-state index contributed by atoms with van der Waals surface area (Å²) >= 11 is 6.54. The Balaban J connectivity index is 1.50. The molecule has 5 rings (SSSR count). The van der Waals surface area contributed by atoms with Crippen LogP contribution in [-0.4, -0.2) is 64.6 Å². The zero-order valence-corrected chi connectivity index (χ0v) is 35.4. The van der Waals surface area contributed by atoms with Crippen molar-refractivity contribution in [3.05, 3.63) is 89.4 Å². The van der Waals surface area contributed by atoms with Crippen LogP contribution in [0.4, 0.5) is 0 Å². The highest BCUT2D eigenvalue weighted by Crippen LogP contribution is 2.37. The second-order valence-corrected chi connectivity index (χ2v) is 17.9. The quantitative estimate of drug-likeness (QED) is 0.117. The first-order chi connectivity index (χ1) is 26.7. The van der Waals surface area contributed by atoms with Crippen LogP contribution >= 0.6 is 11.6 Å². The summed E-state index contributed by atoms with van der Waals surface area (Å²) in [6, 6.07) is 21.5. The molecule has 2 aromatic heterocycles. The Kier molecular flexibility index (Phi) is 13.2. The molecule has 3 heterocycles. The lowest BCUT2D eigenvalue weighted by Gasteiger charge is -2.41. The molecule has 1 fully saturated rings. The standard InChI is InChI=1S/C45H55ClN3O8/c1-11-30-20-22-32-37(28-18-15-19-29(46)24-28)31(38(48-49(30)32)27-16-13-12-14-17-27)21-23-36(50)47-39-34(57-42(53)45(8,9)10)25-33(56-41(52)44(5,6)7)35(55-39)26-54-40(51)43(2,3)4/h12-20,22,24-25,33-35,39H,11,21,23,26H2,1-10H3,(H,47,50)/t33-,34+,35+,39+/m0/s1. The van der Waals surface area contributed by atoms with Crippen LogP contribution in [0.5, 0.6) is 0 Å². The number of aromatic nitrogens is 2. The van der Waals surface area contributed by atoms with E-state index in [0.717, 1.165) is 45.6 Å². The number of rotatable bonds is 11. The monoisotopic (exact) mass is 800 g/mol. The molecule has 1 aliphatic heterocycles. The normalized spacial score (nSPS) is 18.9. The molecular formula is C45H55ClN3O8. The molecule has 1 aliphatic rings. The van der Waals surface area contributed by atoms with Crippen LogP contribution in [0.2, 0.25) is 5.02 Å². The topological polar surface area (TPSA) is 135 Å². The maximum Gasteiger partial charge on any atom is 0.311 e. The largest absolute Gasteiger partial charge is 0.462 e. The van der Waals surface area contributed by atoms with Gasteiger partial charge in [-0.25, -0.2) is 4.52 Å². The number of hydrogen-bond acceptors (Lipinski definition) is 9. The lowest BCUT2D eigenvalue weighted by Crippen LogP contribution is -2.59. The Labute approximate surface area is 340 Å². The summed E-state index contributed by atoms with van der Waals surface area (Å²) in [4.78, 5) is 53.3. The molecule has 57 heavy (non-hydrogen) atoms. The van der Waals surface area contributed by atoms with Crippen molar-refractivity contribution in [3.8, 4) is 22.4 Å². The van der Waals surface area contributed by atoms with Crippen molar-refractivity contribution >= 4 is 40.9 Å². The van der Waals surface area contributed by atoms with Gasteiger partial charge in [-0.05, 0) is 111 Å². The second kappa shape index (κ2) is 17.4. The van der Waals surface area contributed by atoms with Gasteiger partial charge in [-0.15, -0.1) is 0 Å². The van der Waals surface area contributed by atoms with E-state index in [9.17, 15) is 19.2 Å². The van der Waals surface area contributed by atoms with E-state index in [4.69, 9.17) is 35.6 Å². The van der Waals surface area contributed by atoms with Gasteiger partial charge >= 0.3 is 17.9 Å². The molecular weight excluding hydrogens is 746 g/mol. The van der Waals surface area contributed by atoms with Gasteiger partial charge in [0.25, 0.3) is 0 Å². The second-order valence-electron chi connectivity index (χ2n) is 17.5. The summed E-state index contributed by atoms with van der Waals surface area (Å²) in [5.41, 5.74) is 3.57. The molecule has 4 atom stereocenters. The van der Waals surface area contributed by atoms with Gasteiger partial charge in [0.15, 0.2) is 12.3 Å². The van der Waals surface area contributed by atoms with E-state index in [-0.39, 0.29) is 19.4 Å². The lowest BCUT2D eigenvalue weighted by molar-refractivity contribution is -0.209. The molecule has 305 valence electrons. The molecule has 0 aliphatic carbocycles. The van der Waals surface area contributed by atoms with E-state index in [0.29, 0.717) is 5.02 Å². The lowest BCUT2D eigenvalue weighted by atomic mass is 9.92. The van der Waals surface area contributed by atoms with E-state index >= 15 is 0 Å². The molecule has 0 saturated carbocycles. The first-order valence-electron chi connectivity index (χ1n) is 19.4. The minimum Gasteiger partial charge on any atom is -0.462 e. The van der Waals surface area contributed by atoms with Gasteiger partial charge < -0.3 is 24.3 Å². The molecule has 12 heteroatoms. The molecule has 4 aromatic rings. The number of esters is 3. The summed E-state index contributed by atoms with van der Waals surface area (Å²) in [5.74, 6) is -1.98. The predicted molar refractivity (Wildman–Crippen MR) is 219 cm³/mol. The van der Waals surface area contributed by atoms with Crippen LogP contribution in [0, 0.1) is 22.7 Å². The van der Waals surface area contributed by atoms with Crippen molar-refractivity contribution in [3.63, 3.8) is 0 Å². The van der Waals surface area contributed by atoms with Crippen molar-refractivity contribution in [2.45, 2.75) is 113 Å². The van der Waals surface area contributed by atoms with E-state index in [1.54, 1.807) is 62.3 Å². The van der Waals surface area contributed by atoms with E-state index in [1.165, 1.54) is 6.42 Å². The van der Waals surface area contributed by atoms with Gasteiger partial charge in [-0.2, -0.15) is 5.10 Å². The molecule has 2 aromatic carbocycles. The Morgan fingerprint density at radius 2 is 1.40 bits per heavy atom. The minimum absolute atomic E-state index is 0.00148. The molecule has 11 nitrogen and oxygen atoms in total. The zero-order chi connectivity index (χ0) is 41.9. The van der Waals surface area contributed by atoms with Gasteiger partial charge in [-0.3, -0.25) is 19.2 Å². The highest BCUT2D eigenvalue weighted by atomic mass is 35.5. The van der Waals surface area contributed by atoms with Crippen LogP contribution in [0.15, 0.2) is 66.7 Å². The van der Waals surface area contributed by atoms with Crippen molar-refractivity contribution in [2.24, 2.45) is 16.2 Å². The van der Waals surface area contributed by atoms with Crippen molar-refractivity contribution < 1.29 is 38.1 Å². The number of ether oxygens (including phenoxy) is 4. The fraction of sp³-hybridized carbons (Fsp3) is 0.467. The van der Waals surface area contributed by atoms with Crippen LogP contribution < -0.4 is 5.32 Å². The third kappa shape index (κ3) is 10.6. The number of hydrogen-bond donors (Lipinski definition) is 1. The smallest absolute Gasteiger partial charge is 0.311 e. The SMILES string of the molecule is CCc1ccc2c(-c3cccc(Cl)c3)c(CCC(=O)N[C@@H]3O[C@H](COC(=O)C(C)(C)C)[C@@H](OC(=O)C(C)(C)C)[CH][C@H]3OC(=O)C(C)(C)C)c(-c3ccccc3)nn12. The number of aryl methyl sites for hydroxylation is 1. The van der Waals surface area contributed by atoms with Crippen LogP contribution in [0.25, 0.3) is 27.9 Å². The number of benzene rings is 2. The Morgan fingerprint density at radius 1 is 0.789 bits per heavy atom. The fourth-order valence-electron chi connectivity index (χ4n) is 6.18. The molecule has 0 bridgehead atoms. The van der Waals surface area contributed by atoms with E-state index in [2.05, 4.69) is 18.3 Å². The van der Waals surface area contributed by atoms with Crippen molar-refractivity contribution in [1.82, 2.24) is 14.9 Å². The first kappa shape index (κ1) is 43.4. The number of halogens is 1. The van der Waals surface area contributed by atoms with Crippen LogP contribution in [0.1, 0.15) is 86.9 Å². The van der Waals surface area contributed by atoms with Gasteiger partial charge in [0, 0.05) is 28.3 Å². The summed E-state index contributed by atoms with van der Waals surface area (Å²) in [7, 11) is 0. The van der Waals surface area contributed by atoms with E-state index in [1.807, 2.05) is 65.2 Å². The zero-order valence-electron chi connectivity index (χ0n) is 34.6. The molecule has 1 saturated heterocycles. The number of nitrogens with zero attached hydrogens (tertiary/aromatic N) is 2. The van der Waals surface area contributed by atoms with Crippen molar-refractivity contribution in [1.29, 1.82) is 0 Å². The Morgan fingerprint density at radius 3 is 2.00 bits per heavy atom. The highest BCUT2D eigenvalue weighted by Gasteiger charge is 2.46. The average molecular weight is 801 g/mol. The number of nitrogens with one attached hydrogen (secondary N) is 1. The summed E-state index contributed by atoms with van der Waals surface area (Å²) in [6.45, 7) is 17.2. The van der Waals surface area contributed by atoms with Gasteiger partial charge in [0.1, 0.15) is 18.8 Å². The van der Waals surface area contributed by atoms with Crippen LogP contribution in [0.3, 0.4) is 0 Å². The molecule has 1 amide bonds. The fourth-order valence-corrected chi connectivity index (χ4v) is 6.37. The average Bonchev–Trinajstić information content (AvgIpc) is 3.55. The number of carbonyl (C=O) groups excluding carboxylic acids is 4. The van der Waals surface area contributed by atoms with E-state index < -0.39 is 64.6 Å². The Hall–Kier alpha value is -4.74. The molecule has 0 spiro atoms. The number of fused-ring (bicyclic) bond motifs is 1. The van der Waals surface area contributed by atoms with Crippen LogP contribution in [-0.2, 0) is 51.0 Å². The summed E-state index contributed by atoms with van der Waals surface area (Å²) < 4.78 is 25.7. The summed E-state index contributed by atoms with van der Waals surface area (Å²) in [6.07, 6.45) is -1.89. The number of carbonyl (C=O) groups is 4. The predicted octanol–water partition coefficient (Wildman–Crippen LogP) is 8.37. The highest BCUT2D eigenvalue weighted by molar-refractivity contribution is 6.30. The van der Waals surface area contributed by atoms with Gasteiger partial charge in [0.2, 0.25) is 5.91 Å². The third-order valence-corrected chi connectivity index (χ3v) is 9.71. The summed E-state index contributed by atoms with van der Waals surface area (Å²) in [5, 5.41) is 8.64. The molecule has 0 unspecified atom stereocenters. The third-order valence-electron chi connectivity index (χ3n) is 9.47. The maximum absolute atomic E-state index is 14.1. The first-order valence-corrected chi connectivity index (χ1v) is 19.8. The molecule has 1 N–H and O–H groups in total. The minimum atomic E-state index is -1.20. The molecule has 1 radical (unpaired) electrons. The van der Waals surface area contributed by atoms with Gasteiger partial charge in [0.05, 0.1) is 33.9 Å². The Bertz CT molecular complexity index is 2090.